The van der Waals surface area contributed by atoms with Crippen LogP contribution in [-0.2, 0) is 0 Å². The number of nitrogens with zero attached hydrogens (tertiary/aromatic N) is 3. The van der Waals surface area contributed by atoms with E-state index in [9.17, 15) is 14.0 Å². The molecule has 4 aromatic rings. The van der Waals surface area contributed by atoms with Crippen LogP contribution in [0.4, 0.5) is 4.39 Å². The normalized spacial score (nSPS) is 11.9. The van der Waals surface area contributed by atoms with E-state index in [0.717, 1.165) is 0 Å². The van der Waals surface area contributed by atoms with Crippen LogP contribution in [-0.4, -0.2) is 34.0 Å². The Hall–Kier alpha value is -3.71. The van der Waals surface area contributed by atoms with Gasteiger partial charge in [-0.2, -0.15) is 0 Å². The van der Waals surface area contributed by atoms with Crippen LogP contribution >= 0.6 is 11.6 Å². The first kappa shape index (κ1) is 24.4. The zero-order valence-electron chi connectivity index (χ0n) is 19.7. The van der Waals surface area contributed by atoms with Gasteiger partial charge in [0.2, 0.25) is 0 Å². The molecule has 0 radical (unpaired) electrons. The van der Waals surface area contributed by atoms with Crippen LogP contribution in [0.5, 0.6) is 5.75 Å². The summed E-state index contributed by atoms with van der Waals surface area (Å²) in [7, 11) is 1.54. The first-order valence-electron chi connectivity index (χ1n) is 11.3. The van der Waals surface area contributed by atoms with Gasteiger partial charge in [0.25, 0.3) is 11.5 Å². The lowest BCUT2D eigenvalue weighted by molar-refractivity contribution is 0.0671. The van der Waals surface area contributed by atoms with Crippen LogP contribution in [0.2, 0.25) is 5.02 Å². The summed E-state index contributed by atoms with van der Waals surface area (Å²) in [6.07, 6.45) is 0.489. The van der Waals surface area contributed by atoms with Crippen molar-refractivity contribution in [3.63, 3.8) is 0 Å². The van der Waals surface area contributed by atoms with Gasteiger partial charge in [0, 0.05) is 12.1 Å². The number of para-hydroxylation sites is 1. The maximum atomic E-state index is 13.9. The monoisotopic (exact) mass is 493 g/mol. The molecule has 180 valence electrons. The standard InChI is InChI=1S/C27H25ClFN3O3/c1-4-24(31(5-2)26(33)17-9-8-10-19(15-17)35-3)25-30-23-12-7-6-11-20(23)27(34)32(25)18-13-14-22(29)21(28)16-18/h6-16,24H,4-5H2,1-3H3. The number of hydrogen-bond donors (Lipinski definition) is 0. The molecule has 1 atom stereocenters. The number of fused-ring (bicyclic) bond motifs is 1. The molecule has 0 aliphatic carbocycles. The van der Waals surface area contributed by atoms with Gasteiger partial charge in [0.15, 0.2) is 0 Å². The molecule has 0 spiro atoms. The van der Waals surface area contributed by atoms with E-state index in [2.05, 4.69) is 0 Å². The fourth-order valence-corrected chi connectivity index (χ4v) is 4.39. The molecule has 0 N–H and O–H groups in total. The summed E-state index contributed by atoms with van der Waals surface area (Å²) < 4.78 is 20.6. The molecule has 1 amide bonds. The number of aromatic nitrogens is 2. The van der Waals surface area contributed by atoms with Crippen molar-refractivity contribution >= 4 is 28.4 Å². The molecule has 1 heterocycles. The first-order chi connectivity index (χ1) is 16.9. The SMILES string of the molecule is CCC(c1nc2ccccc2c(=O)n1-c1ccc(F)c(Cl)c1)N(CC)C(=O)c1cccc(OC)c1. The minimum Gasteiger partial charge on any atom is -0.497 e. The molecule has 1 aromatic heterocycles. The van der Waals surface area contributed by atoms with Crippen LogP contribution in [0.25, 0.3) is 16.6 Å². The highest BCUT2D eigenvalue weighted by atomic mass is 35.5. The molecular weight excluding hydrogens is 469 g/mol. The zero-order chi connectivity index (χ0) is 25.1. The molecule has 0 bridgehead atoms. The van der Waals surface area contributed by atoms with Crippen molar-refractivity contribution in [2.75, 3.05) is 13.7 Å². The number of benzene rings is 3. The third-order valence-corrected chi connectivity index (χ3v) is 6.23. The molecule has 1 unspecified atom stereocenters. The number of methoxy groups -OCH3 is 1. The minimum atomic E-state index is -0.589. The highest BCUT2D eigenvalue weighted by molar-refractivity contribution is 6.30. The average molecular weight is 494 g/mol. The van der Waals surface area contributed by atoms with Gasteiger partial charge in [-0.15, -0.1) is 0 Å². The highest BCUT2D eigenvalue weighted by Crippen LogP contribution is 2.29. The molecule has 35 heavy (non-hydrogen) atoms. The van der Waals surface area contributed by atoms with E-state index in [-0.39, 0.29) is 16.5 Å². The second kappa shape index (κ2) is 10.3. The Bertz CT molecular complexity index is 1450. The van der Waals surface area contributed by atoms with Crippen LogP contribution in [0.3, 0.4) is 0 Å². The highest BCUT2D eigenvalue weighted by Gasteiger charge is 2.29. The Balaban J connectivity index is 1.93. The van der Waals surface area contributed by atoms with Crippen LogP contribution in [0, 0.1) is 5.82 Å². The van der Waals surface area contributed by atoms with Crippen molar-refractivity contribution in [2.45, 2.75) is 26.3 Å². The lowest BCUT2D eigenvalue weighted by Crippen LogP contribution is -2.38. The molecule has 4 rings (SSSR count). The Labute approximate surface area is 207 Å². The van der Waals surface area contributed by atoms with Gasteiger partial charge in [0.1, 0.15) is 17.4 Å². The van der Waals surface area contributed by atoms with Gasteiger partial charge in [-0.25, -0.2) is 9.37 Å². The van der Waals surface area contributed by atoms with E-state index < -0.39 is 11.9 Å². The van der Waals surface area contributed by atoms with Gasteiger partial charge >= 0.3 is 0 Å². The van der Waals surface area contributed by atoms with E-state index in [1.807, 2.05) is 13.8 Å². The van der Waals surface area contributed by atoms with E-state index >= 15 is 0 Å². The number of amides is 1. The molecule has 6 nitrogen and oxygen atoms in total. The fourth-order valence-electron chi connectivity index (χ4n) is 4.22. The lowest BCUT2D eigenvalue weighted by Gasteiger charge is -2.31. The second-order valence-corrected chi connectivity index (χ2v) is 8.38. The van der Waals surface area contributed by atoms with Gasteiger partial charge in [0.05, 0.1) is 34.8 Å². The summed E-state index contributed by atoms with van der Waals surface area (Å²) in [6.45, 7) is 4.18. The van der Waals surface area contributed by atoms with Crippen LogP contribution < -0.4 is 10.3 Å². The van der Waals surface area contributed by atoms with Crippen LogP contribution in [0.1, 0.15) is 42.5 Å². The number of ether oxygens (including phenoxy) is 1. The Morgan fingerprint density at radius 3 is 2.57 bits per heavy atom. The summed E-state index contributed by atoms with van der Waals surface area (Å²) in [4.78, 5) is 33.8. The molecule has 0 fully saturated rings. The number of halogens is 2. The number of carbonyl (C=O) groups is 1. The van der Waals surface area contributed by atoms with Crippen molar-refractivity contribution in [2.24, 2.45) is 0 Å². The summed E-state index contributed by atoms with van der Waals surface area (Å²) in [6, 6.07) is 17.5. The molecule has 8 heteroatoms. The molecule has 0 aliphatic rings. The fraction of sp³-hybridized carbons (Fsp3) is 0.222. The lowest BCUT2D eigenvalue weighted by atomic mass is 10.1. The first-order valence-corrected chi connectivity index (χ1v) is 11.7. The van der Waals surface area contributed by atoms with Crippen molar-refractivity contribution in [1.82, 2.24) is 14.5 Å². The Kier molecular flexibility index (Phi) is 7.17. The van der Waals surface area contributed by atoms with E-state index in [1.165, 1.54) is 22.8 Å². The van der Waals surface area contributed by atoms with Gasteiger partial charge in [-0.1, -0.05) is 36.7 Å². The van der Waals surface area contributed by atoms with E-state index in [4.69, 9.17) is 21.3 Å². The number of hydrogen-bond acceptors (Lipinski definition) is 4. The summed E-state index contributed by atoms with van der Waals surface area (Å²) in [5.74, 6) is 0.136. The quantitative estimate of drug-likeness (QED) is 0.326. The molecule has 3 aromatic carbocycles. The predicted octanol–water partition coefficient (Wildman–Crippen LogP) is 5.80. The minimum absolute atomic E-state index is 0.110. The van der Waals surface area contributed by atoms with Crippen LogP contribution in [0.15, 0.2) is 71.5 Å². The van der Waals surface area contributed by atoms with Gasteiger partial charge in [-0.05, 0) is 61.9 Å². The largest absolute Gasteiger partial charge is 0.497 e. The summed E-state index contributed by atoms with van der Waals surface area (Å²) in [5.41, 5.74) is 1.03. The van der Waals surface area contributed by atoms with Gasteiger partial charge in [-0.3, -0.25) is 14.2 Å². The van der Waals surface area contributed by atoms with Crippen molar-refractivity contribution in [3.8, 4) is 11.4 Å². The van der Waals surface area contributed by atoms with Crippen molar-refractivity contribution < 1.29 is 13.9 Å². The smallest absolute Gasteiger partial charge is 0.266 e. The molecular formula is C27H25ClFN3O3. The topological polar surface area (TPSA) is 64.4 Å². The maximum Gasteiger partial charge on any atom is 0.266 e. The average Bonchev–Trinajstić information content (AvgIpc) is 2.88. The maximum absolute atomic E-state index is 13.9. The molecule has 0 saturated heterocycles. The molecule has 0 aliphatic heterocycles. The third-order valence-electron chi connectivity index (χ3n) is 5.94. The van der Waals surface area contributed by atoms with Gasteiger partial charge < -0.3 is 9.64 Å². The summed E-state index contributed by atoms with van der Waals surface area (Å²) >= 11 is 6.06. The third kappa shape index (κ3) is 4.64. The molecule has 0 saturated carbocycles. The van der Waals surface area contributed by atoms with E-state index in [0.29, 0.717) is 46.7 Å². The Morgan fingerprint density at radius 1 is 1.11 bits per heavy atom. The Morgan fingerprint density at radius 2 is 1.89 bits per heavy atom. The van der Waals surface area contributed by atoms with E-state index in [1.54, 1.807) is 60.5 Å². The van der Waals surface area contributed by atoms with Crippen molar-refractivity contribution in [1.29, 1.82) is 0 Å². The van der Waals surface area contributed by atoms with Crippen molar-refractivity contribution in [3.05, 3.63) is 99.3 Å². The second-order valence-electron chi connectivity index (χ2n) is 7.97. The predicted molar refractivity (Wildman–Crippen MR) is 135 cm³/mol. The zero-order valence-corrected chi connectivity index (χ0v) is 20.4. The summed E-state index contributed by atoms with van der Waals surface area (Å²) in [5, 5.41) is 0.301. The number of carbonyl (C=O) groups excluding carboxylic acids is 1. The number of rotatable bonds is 7.